The van der Waals surface area contributed by atoms with E-state index in [0.29, 0.717) is 10.6 Å². The number of hydrogen-bond donors (Lipinski definition) is 2. The van der Waals surface area contributed by atoms with Crippen LogP contribution in [0.15, 0.2) is 18.2 Å². The van der Waals surface area contributed by atoms with Gasteiger partial charge in [0.25, 0.3) is 0 Å². The maximum absolute atomic E-state index is 11.8. The molecule has 21 heavy (non-hydrogen) atoms. The second kappa shape index (κ2) is 7.00. The summed E-state index contributed by atoms with van der Waals surface area (Å²) in [5.74, 6) is -1.07. The minimum absolute atomic E-state index is 0.282. The second-order valence-electron chi connectivity index (χ2n) is 5.46. The van der Waals surface area contributed by atoms with Gasteiger partial charge in [-0.1, -0.05) is 29.3 Å². The molecule has 0 spiro atoms. The summed E-state index contributed by atoms with van der Waals surface area (Å²) in [5, 5.41) is 12.2. The van der Waals surface area contributed by atoms with Gasteiger partial charge in [0.1, 0.15) is 5.60 Å². The fourth-order valence-electron chi connectivity index (χ4n) is 1.65. The maximum atomic E-state index is 11.8. The monoisotopic (exact) mass is 333 g/mol. The van der Waals surface area contributed by atoms with E-state index in [1.165, 1.54) is 6.07 Å². The molecule has 1 aromatic carbocycles. The van der Waals surface area contributed by atoms with E-state index < -0.39 is 23.7 Å². The number of carbonyl (C=O) groups is 2. The van der Waals surface area contributed by atoms with E-state index in [9.17, 15) is 9.59 Å². The van der Waals surface area contributed by atoms with Gasteiger partial charge in [-0.25, -0.2) is 4.79 Å². The van der Waals surface area contributed by atoms with Gasteiger partial charge in [-0.2, -0.15) is 0 Å². The number of rotatable bonds is 4. The molecule has 0 aliphatic heterocycles. The molecule has 0 aliphatic rings. The van der Waals surface area contributed by atoms with Crippen molar-refractivity contribution in [1.29, 1.82) is 0 Å². The lowest BCUT2D eigenvalue weighted by Gasteiger charge is -2.23. The first-order valence-corrected chi connectivity index (χ1v) is 7.00. The van der Waals surface area contributed by atoms with Crippen molar-refractivity contribution in [1.82, 2.24) is 5.32 Å². The summed E-state index contributed by atoms with van der Waals surface area (Å²) in [6.07, 6.45) is -1.03. The highest BCUT2D eigenvalue weighted by Gasteiger charge is 2.24. The molecule has 0 aliphatic carbocycles. The Morgan fingerprint density at radius 3 is 2.43 bits per heavy atom. The van der Waals surface area contributed by atoms with Crippen LogP contribution in [0.25, 0.3) is 0 Å². The van der Waals surface area contributed by atoms with Crippen LogP contribution in [-0.4, -0.2) is 22.8 Å². The standard InChI is InChI=1S/C14H17Cl2NO4/c1-14(2,3)21-13(20)17-11(7-12(18)19)9-5-4-8(15)6-10(9)16/h4-6,11H,7H2,1-3H3,(H,17,20)(H,18,19)/t11-/m0/s1. The Hall–Kier alpha value is -1.46. The maximum Gasteiger partial charge on any atom is 0.408 e. The molecule has 0 heterocycles. The summed E-state index contributed by atoms with van der Waals surface area (Å²) in [6, 6.07) is 3.84. The molecule has 0 bridgehead atoms. The number of carboxylic acids is 1. The van der Waals surface area contributed by atoms with Crippen LogP contribution in [-0.2, 0) is 9.53 Å². The van der Waals surface area contributed by atoms with E-state index in [4.69, 9.17) is 33.0 Å². The predicted molar refractivity (Wildman–Crippen MR) is 80.8 cm³/mol. The zero-order valence-electron chi connectivity index (χ0n) is 11.9. The van der Waals surface area contributed by atoms with Crippen LogP contribution in [0.4, 0.5) is 4.79 Å². The summed E-state index contributed by atoms with van der Waals surface area (Å²) in [6.45, 7) is 5.15. The smallest absolute Gasteiger partial charge is 0.408 e. The Kier molecular flexibility index (Phi) is 5.87. The molecule has 0 radical (unpaired) electrons. The first kappa shape index (κ1) is 17.6. The average Bonchev–Trinajstić information content (AvgIpc) is 2.24. The summed E-state index contributed by atoms with van der Waals surface area (Å²) >= 11 is 11.9. The number of hydrogen-bond acceptors (Lipinski definition) is 3. The number of nitrogens with one attached hydrogen (secondary N) is 1. The van der Waals surface area contributed by atoms with Crippen molar-refractivity contribution in [3.05, 3.63) is 33.8 Å². The highest BCUT2D eigenvalue weighted by atomic mass is 35.5. The SMILES string of the molecule is CC(C)(C)OC(=O)N[C@@H](CC(=O)O)c1ccc(Cl)cc1Cl. The molecule has 1 amide bonds. The van der Waals surface area contributed by atoms with Crippen molar-refractivity contribution < 1.29 is 19.4 Å². The van der Waals surface area contributed by atoms with Gasteiger partial charge in [-0.05, 0) is 38.5 Å². The molecule has 116 valence electrons. The minimum Gasteiger partial charge on any atom is -0.481 e. The topological polar surface area (TPSA) is 75.6 Å². The van der Waals surface area contributed by atoms with Crippen LogP contribution >= 0.6 is 23.2 Å². The summed E-state index contributed by atoms with van der Waals surface area (Å²) in [4.78, 5) is 22.8. The van der Waals surface area contributed by atoms with E-state index in [-0.39, 0.29) is 11.4 Å². The van der Waals surface area contributed by atoms with E-state index in [2.05, 4.69) is 5.32 Å². The molecule has 0 saturated heterocycles. The zero-order valence-corrected chi connectivity index (χ0v) is 13.5. The predicted octanol–water partition coefficient (Wildman–Crippen LogP) is 4.03. The number of ether oxygens (including phenoxy) is 1. The Morgan fingerprint density at radius 1 is 1.33 bits per heavy atom. The molecule has 1 aromatic rings. The van der Waals surface area contributed by atoms with E-state index in [1.807, 2.05) is 0 Å². The largest absolute Gasteiger partial charge is 0.481 e. The van der Waals surface area contributed by atoms with Crippen LogP contribution < -0.4 is 5.32 Å². The summed E-state index contributed by atoms with van der Waals surface area (Å²) in [5.41, 5.74) is -0.212. The van der Waals surface area contributed by atoms with Crippen LogP contribution in [0, 0.1) is 0 Å². The van der Waals surface area contributed by atoms with Crippen LogP contribution in [0.2, 0.25) is 10.0 Å². The van der Waals surface area contributed by atoms with Gasteiger partial charge >= 0.3 is 12.1 Å². The van der Waals surface area contributed by atoms with Crippen LogP contribution in [0.1, 0.15) is 38.8 Å². The quantitative estimate of drug-likeness (QED) is 0.871. The first-order valence-electron chi connectivity index (χ1n) is 6.25. The molecule has 0 aromatic heterocycles. The molecular weight excluding hydrogens is 317 g/mol. The van der Waals surface area contributed by atoms with Crippen LogP contribution in [0.5, 0.6) is 0 Å². The van der Waals surface area contributed by atoms with E-state index in [0.717, 1.165) is 0 Å². The van der Waals surface area contributed by atoms with Gasteiger partial charge in [0.15, 0.2) is 0 Å². The van der Waals surface area contributed by atoms with Gasteiger partial charge in [0.2, 0.25) is 0 Å². The Morgan fingerprint density at radius 2 is 1.95 bits per heavy atom. The van der Waals surface area contributed by atoms with E-state index >= 15 is 0 Å². The number of amides is 1. The van der Waals surface area contributed by atoms with Crippen LogP contribution in [0.3, 0.4) is 0 Å². The third kappa shape index (κ3) is 6.23. The molecule has 0 fully saturated rings. The Balaban J connectivity index is 2.95. The van der Waals surface area contributed by atoms with Gasteiger partial charge in [-0.3, -0.25) is 4.79 Å². The highest BCUT2D eigenvalue weighted by molar-refractivity contribution is 6.35. The lowest BCUT2D eigenvalue weighted by molar-refractivity contribution is -0.137. The van der Waals surface area contributed by atoms with Crippen molar-refractivity contribution >= 4 is 35.3 Å². The van der Waals surface area contributed by atoms with Crippen molar-refractivity contribution in [2.24, 2.45) is 0 Å². The average molecular weight is 334 g/mol. The molecule has 2 N–H and O–H groups in total. The fraction of sp³-hybridized carbons (Fsp3) is 0.429. The molecule has 0 unspecified atom stereocenters. The Bertz CT molecular complexity index is 540. The number of halogens is 2. The highest BCUT2D eigenvalue weighted by Crippen LogP contribution is 2.28. The lowest BCUT2D eigenvalue weighted by atomic mass is 10.0. The van der Waals surface area contributed by atoms with Crippen molar-refractivity contribution in [3.63, 3.8) is 0 Å². The summed E-state index contributed by atoms with van der Waals surface area (Å²) in [7, 11) is 0. The van der Waals surface area contributed by atoms with Crippen molar-refractivity contribution in [2.45, 2.75) is 38.8 Å². The molecule has 0 saturated carbocycles. The number of alkyl carbamates (subject to hydrolysis) is 1. The fourth-order valence-corrected chi connectivity index (χ4v) is 2.19. The van der Waals surface area contributed by atoms with Gasteiger partial charge < -0.3 is 15.2 Å². The number of aliphatic carboxylic acids is 1. The van der Waals surface area contributed by atoms with Crippen molar-refractivity contribution in [3.8, 4) is 0 Å². The normalized spacial score (nSPS) is 12.6. The lowest BCUT2D eigenvalue weighted by Crippen LogP contribution is -2.35. The number of carbonyl (C=O) groups excluding carboxylic acids is 1. The molecule has 1 rings (SSSR count). The molecule has 5 nitrogen and oxygen atoms in total. The molecule has 1 atom stereocenters. The molecular formula is C14H17Cl2NO4. The van der Waals surface area contributed by atoms with Gasteiger partial charge in [0.05, 0.1) is 12.5 Å². The van der Waals surface area contributed by atoms with E-state index in [1.54, 1.807) is 32.9 Å². The first-order chi connectivity index (χ1) is 9.58. The van der Waals surface area contributed by atoms with Crippen molar-refractivity contribution in [2.75, 3.05) is 0 Å². The third-order valence-electron chi connectivity index (χ3n) is 2.41. The number of carboxylic acid groups (broad SMARTS) is 1. The summed E-state index contributed by atoms with van der Waals surface area (Å²) < 4.78 is 5.12. The molecule has 7 heteroatoms. The minimum atomic E-state index is -1.07. The second-order valence-corrected chi connectivity index (χ2v) is 6.31. The number of benzene rings is 1. The van der Waals surface area contributed by atoms with Gasteiger partial charge in [-0.15, -0.1) is 0 Å². The zero-order chi connectivity index (χ0) is 16.2. The van der Waals surface area contributed by atoms with Gasteiger partial charge in [0, 0.05) is 10.0 Å². The Labute approximate surface area is 133 Å². The third-order valence-corrected chi connectivity index (χ3v) is 2.97.